The van der Waals surface area contributed by atoms with E-state index in [4.69, 9.17) is 0 Å². The van der Waals surface area contributed by atoms with E-state index in [9.17, 15) is 31.9 Å². The number of alkyl halides is 3. The summed E-state index contributed by atoms with van der Waals surface area (Å²) in [5.74, 6) is -1.25. The Labute approximate surface area is 193 Å². The smallest absolute Gasteiger partial charge is 0.389 e. The fourth-order valence-corrected chi connectivity index (χ4v) is 4.37. The van der Waals surface area contributed by atoms with E-state index >= 15 is 0 Å². The van der Waals surface area contributed by atoms with Gasteiger partial charge in [-0.3, -0.25) is 9.36 Å². The number of unbranched alkanes of at least 4 members (excludes halogenated alkanes) is 1. The second kappa shape index (κ2) is 9.09. The number of ketones is 1. The van der Waals surface area contributed by atoms with E-state index in [1.807, 2.05) is 0 Å². The molecule has 0 amide bonds. The average Bonchev–Trinajstić information content (AvgIpc) is 3.51. The molecule has 0 radical (unpaired) electrons. The maximum atomic E-state index is 13.9. The van der Waals surface area contributed by atoms with E-state index in [-0.39, 0.29) is 41.3 Å². The zero-order chi connectivity index (χ0) is 24.7. The number of rotatable bonds is 9. The SMILES string of the molecule is CC(O)(CC(=O)CCCCc1nc2ccc(C(F)(F)F)cc2n1-c1cc(F)cc(F)c1)C1CC1. The van der Waals surface area contributed by atoms with E-state index in [2.05, 4.69) is 4.98 Å². The Morgan fingerprint density at radius 1 is 1.09 bits per heavy atom. The van der Waals surface area contributed by atoms with E-state index < -0.39 is 29.0 Å². The van der Waals surface area contributed by atoms with Crippen molar-refractivity contribution in [3.05, 3.63) is 59.4 Å². The van der Waals surface area contributed by atoms with Crippen LogP contribution in [0.4, 0.5) is 22.0 Å². The van der Waals surface area contributed by atoms with Crippen molar-refractivity contribution in [3.8, 4) is 5.69 Å². The van der Waals surface area contributed by atoms with Gasteiger partial charge in [-0.05, 0) is 68.9 Å². The summed E-state index contributed by atoms with van der Waals surface area (Å²) in [7, 11) is 0. The van der Waals surface area contributed by atoms with Crippen molar-refractivity contribution >= 4 is 16.8 Å². The molecule has 1 aliphatic rings. The summed E-state index contributed by atoms with van der Waals surface area (Å²) in [4.78, 5) is 16.7. The highest BCUT2D eigenvalue weighted by molar-refractivity contribution is 5.80. The second-order valence-electron chi connectivity index (χ2n) is 9.25. The lowest BCUT2D eigenvalue weighted by Crippen LogP contribution is -2.30. The van der Waals surface area contributed by atoms with E-state index in [1.165, 1.54) is 10.6 Å². The topological polar surface area (TPSA) is 55.1 Å². The van der Waals surface area contributed by atoms with Crippen molar-refractivity contribution in [2.75, 3.05) is 0 Å². The molecule has 9 heteroatoms. The number of aromatic nitrogens is 2. The molecule has 0 bridgehead atoms. The Morgan fingerprint density at radius 3 is 2.38 bits per heavy atom. The first-order valence-corrected chi connectivity index (χ1v) is 11.2. The van der Waals surface area contributed by atoms with Gasteiger partial charge in [-0.15, -0.1) is 0 Å². The van der Waals surface area contributed by atoms with Gasteiger partial charge < -0.3 is 5.11 Å². The molecule has 1 fully saturated rings. The van der Waals surface area contributed by atoms with Crippen LogP contribution in [0.2, 0.25) is 0 Å². The number of aryl methyl sites for hydroxylation is 1. The van der Waals surface area contributed by atoms with E-state index in [0.717, 1.165) is 37.1 Å². The molecule has 1 atom stereocenters. The van der Waals surface area contributed by atoms with Crippen LogP contribution in [0.1, 0.15) is 56.8 Å². The van der Waals surface area contributed by atoms with Crippen molar-refractivity contribution in [2.45, 2.75) is 63.6 Å². The van der Waals surface area contributed by atoms with Crippen molar-refractivity contribution in [1.29, 1.82) is 0 Å². The second-order valence-corrected chi connectivity index (χ2v) is 9.25. The van der Waals surface area contributed by atoms with Crippen LogP contribution in [0, 0.1) is 17.6 Å². The molecule has 3 aromatic rings. The van der Waals surface area contributed by atoms with E-state index in [0.29, 0.717) is 31.2 Å². The summed E-state index contributed by atoms with van der Waals surface area (Å²) in [6, 6.07) is 5.83. The molecule has 4 nitrogen and oxygen atoms in total. The van der Waals surface area contributed by atoms with Crippen molar-refractivity contribution in [3.63, 3.8) is 0 Å². The fraction of sp³-hybridized carbons (Fsp3) is 0.440. The number of carbonyl (C=O) groups is 1. The van der Waals surface area contributed by atoms with Crippen molar-refractivity contribution in [2.24, 2.45) is 5.92 Å². The van der Waals surface area contributed by atoms with Crippen LogP contribution < -0.4 is 0 Å². The van der Waals surface area contributed by atoms with Gasteiger partial charge in [-0.25, -0.2) is 13.8 Å². The van der Waals surface area contributed by atoms with Gasteiger partial charge in [0.15, 0.2) is 0 Å². The van der Waals surface area contributed by atoms with Gasteiger partial charge >= 0.3 is 6.18 Å². The molecule has 34 heavy (non-hydrogen) atoms. The Morgan fingerprint density at radius 2 is 1.76 bits per heavy atom. The first-order valence-electron chi connectivity index (χ1n) is 11.2. The molecule has 4 rings (SSSR count). The first kappa shape index (κ1) is 24.3. The monoisotopic (exact) mass is 480 g/mol. The Bertz CT molecular complexity index is 1190. The molecule has 2 aromatic carbocycles. The number of benzene rings is 2. The molecular weight excluding hydrogens is 455 g/mol. The van der Waals surface area contributed by atoms with Gasteiger partial charge in [-0.1, -0.05) is 0 Å². The number of halogens is 5. The molecular formula is C25H25F5N2O2. The third-order valence-electron chi connectivity index (χ3n) is 6.27. The minimum atomic E-state index is -4.58. The van der Waals surface area contributed by atoms with Crippen molar-refractivity contribution in [1.82, 2.24) is 9.55 Å². The van der Waals surface area contributed by atoms with Crippen LogP contribution in [0.25, 0.3) is 16.7 Å². The van der Waals surface area contributed by atoms with Gasteiger partial charge in [0.05, 0.1) is 27.9 Å². The Hall–Kier alpha value is -2.81. The zero-order valence-corrected chi connectivity index (χ0v) is 18.6. The normalized spacial score (nSPS) is 16.1. The number of fused-ring (bicyclic) bond motifs is 1. The predicted molar refractivity (Wildman–Crippen MR) is 117 cm³/mol. The molecule has 1 aliphatic carbocycles. The number of Topliss-reactive ketones (excluding diaryl/α,β-unsaturated/α-hetero) is 1. The van der Waals surface area contributed by atoms with Gasteiger partial charge in [-0.2, -0.15) is 13.2 Å². The van der Waals surface area contributed by atoms with Crippen molar-refractivity contribution < 1.29 is 31.9 Å². The van der Waals surface area contributed by atoms with Gasteiger partial charge in [0, 0.05) is 25.3 Å². The number of aliphatic hydroxyl groups is 1. The van der Waals surface area contributed by atoms with Crippen LogP contribution in [-0.4, -0.2) is 26.0 Å². The highest BCUT2D eigenvalue weighted by Gasteiger charge is 2.40. The van der Waals surface area contributed by atoms with E-state index in [1.54, 1.807) is 6.92 Å². The zero-order valence-electron chi connectivity index (χ0n) is 18.6. The van der Waals surface area contributed by atoms with Gasteiger partial charge in [0.1, 0.15) is 23.2 Å². The Balaban J connectivity index is 1.56. The maximum Gasteiger partial charge on any atom is 0.416 e. The standard InChI is InChI=1S/C25H25F5N2O2/c1-24(34,15-6-7-15)14-20(33)4-2-3-5-23-31-21-9-8-16(25(28,29)30)10-22(21)32(23)19-12-17(26)11-18(27)13-19/h8-13,15,34H,2-7,14H2,1H3. The molecule has 0 spiro atoms. The number of hydrogen-bond acceptors (Lipinski definition) is 3. The van der Waals surface area contributed by atoms with Crippen LogP contribution in [0.15, 0.2) is 36.4 Å². The molecule has 0 saturated heterocycles. The average molecular weight is 480 g/mol. The molecule has 1 unspecified atom stereocenters. The molecule has 1 heterocycles. The fourth-order valence-electron chi connectivity index (χ4n) is 4.37. The van der Waals surface area contributed by atoms with Crippen LogP contribution in [0.5, 0.6) is 0 Å². The summed E-state index contributed by atoms with van der Waals surface area (Å²) in [5.41, 5.74) is -1.48. The lowest BCUT2D eigenvalue weighted by Gasteiger charge is -2.21. The van der Waals surface area contributed by atoms with Gasteiger partial charge in [0.25, 0.3) is 0 Å². The summed E-state index contributed by atoms with van der Waals surface area (Å²) >= 11 is 0. The number of imidazole rings is 1. The molecule has 1 saturated carbocycles. The highest BCUT2D eigenvalue weighted by atomic mass is 19.4. The minimum absolute atomic E-state index is 0.0332. The maximum absolute atomic E-state index is 13.9. The summed E-state index contributed by atoms with van der Waals surface area (Å²) in [6.45, 7) is 1.68. The predicted octanol–water partition coefficient (Wildman–Crippen LogP) is 6.16. The Kier molecular flexibility index (Phi) is 6.50. The first-order chi connectivity index (χ1) is 15.9. The summed E-state index contributed by atoms with van der Waals surface area (Å²) in [5, 5.41) is 10.4. The summed E-state index contributed by atoms with van der Waals surface area (Å²) < 4.78 is 69.0. The lowest BCUT2D eigenvalue weighted by molar-refractivity contribution is -0.137. The largest absolute Gasteiger partial charge is 0.416 e. The summed E-state index contributed by atoms with van der Waals surface area (Å²) in [6.07, 6.45) is -1.10. The van der Waals surface area contributed by atoms with Gasteiger partial charge in [0.2, 0.25) is 0 Å². The highest BCUT2D eigenvalue weighted by Crippen LogP contribution is 2.41. The molecule has 1 N–H and O–H groups in total. The number of carbonyl (C=O) groups excluding carboxylic acids is 1. The lowest BCUT2D eigenvalue weighted by atomic mass is 9.92. The van der Waals surface area contributed by atoms with Crippen LogP contribution >= 0.6 is 0 Å². The number of hydrogen-bond donors (Lipinski definition) is 1. The quantitative estimate of drug-likeness (QED) is 0.295. The number of nitrogens with zero attached hydrogens (tertiary/aromatic N) is 2. The third kappa shape index (κ3) is 5.46. The molecule has 1 aromatic heterocycles. The van der Waals surface area contributed by atoms with Crippen LogP contribution in [0.3, 0.4) is 0 Å². The van der Waals surface area contributed by atoms with Crippen LogP contribution in [-0.2, 0) is 17.4 Å². The molecule has 0 aliphatic heterocycles. The molecule has 182 valence electrons. The third-order valence-corrected chi connectivity index (χ3v) is 6.27. The minimum Gasteiger partial charge on any atom is -0.389 e.